The van der Waals surface area contributed by atoms with Crippen LogP contribution in [-0.2, 0) is 58.6 Å². The Labute approximate surface area is 267 Å². The van der Waals surface area contributed by atoms with Gasteiger partial charge < -0.3 is 15.0 Å². The topological polar surface area (TPSA) is 38.7 Å². The summed E-state index contributed by atoms with van der Waals surface area (Å²) >= 11 is 0. The predicted molar refractivity (Wildman–Crippen MR) is 168 cm³/mol. The molecule has 0 amide bonds. The molecular weight excluding hydrogens is 703 g/mol. The molecule has 0 atom stereocenters. The van der Waals surface area contributed by atoms with E-state index in [0.29, 0.717) is 0 Å². The van der Waals surface area contributed by atoms with Gasteiger partial charge in [-0.1, -0.05) is 54.2 Å². The zero-order valence-electron chi connectivity index (χ0n) is 23.8. The summed E-state index contributed by atoms with van der Waals surface area (Å²) in [6, 6.07) is 40.9. The standard InChI is InChI=1S/3C13H10N.Ir/c3*1-2-6-12-10(4-1)7-8-11-5-3-9-14-13(11)12;/h3*1-5,9H,7-8H2;/q3*-1;+3. The Morgan fingerprint density at radius 1 is 0.372 bits per heavy atom. The van der Waals surface area contributed by atoms with Crippen LogP contribution in [-0.4, -0.2) is 15.0 Å². The number of fused-ring (bicyclic) bond motifs is 9. The number of aromatic nitrogens is 3. The summed E-state index contributed by atoms with van der Waals surface area (Å²) in [5.41, 5.74) is 15.1. The molecule has 3 heterocycles. The average molecular weight is 733 g/mol. The minimum absolute atomic E-state index is 0. The fourth-order valence-corrected chi connectivity index (χ4v) is 6.11. The fourth-order valence-electron chi connectivity index (χ4n) is 6.11. The van der Waals surface area contributed by atoms with Crippen molar-refractivity contribution in [1.29, 1.82) is 0 Å². The molecule has 6 aromatic rings. The van der Waals surface area contributed by atoms with Gasteiger partial charge in [0.2, 0.25) is 0 Å². The summed E-state index contributed by atoms with van der Waals surface area (Å²) in [6.07, 6.45) is 12.2. The van der Waals surface area contributed by atoms with E-state index in [4.69, 9.17) is 0 Å². The third-order valence-corrected chi connectivity index (χ3v) is 8.20. The first-order chi connectivity index (χ1) is 20.8. The van der Waals surface area contributed by atoms with E-state index in [2.05, 4.69) is 69.5 Å². The van der Waals surface area contributed by atoms with E-state index in [1.807, 2.05) is 73.2 Å². The van der Waals surface area contributed by atoms with Crippen molar-refractivity contribution in [3.63, 3.8) is 0 Å². The third kappa shape index (κ3) is 6.13. The summed E-state index contributed by atoms with van der Waals surface area (Å²) in [4.78, 5) is 13.3. The van der Waals surface area contributed by atoms with Crippen LogP contribution in [0, 0.1) is 18.2 Å². The van der Waals surface area contributed by atoms with Crippen molar-refractivity contribution < 1.29 is 20.1 Å². The molecule has 9 rings (SSSR count). The maximum Gasteiger partial charge on any atom is 3.00 e. The summed E-state index contributed by atoms with van der Waals surface area (Å²) < 4.78 is 0. The van der Waals surface area contributed by atoms with Crippen molar-refractivity contribution in [1.82, 2.24) is 15.0 Å². The zero-order chi connectivity index (χ0) is 28.1. The van der Waals surface area contributed by atoms with Crippen LogP contribution >= 0.6 is 0 Å². The van der Waals surface area contributed by atoms with Crippen molar-refractivity contribution in [2.24, 2.45) is 0 Å². The molecule has 0 unspecified atom stereocenters. The molecular formula is C39H30IrN3. The van der Waals surface area contributed by atoms with E-state index in [1.54, 1.807) is 0 Å². The molecule has 0 N–H and O–H groups in total. The molecule has 3 nitrogen and oxygen atoms in total. The summed E-state index contributed by atoms with van der Waals surface area (Å²) in [5.74, 6) is 0. The Balaban J connectivity index is 0.000000113. The Morgan fingerprint density at radius 2 is 0.651 bits per heavy atom. The van der Waals surface area contributed by atoms with Gasteiger partial charge in [0.05, 0.1) is 0 Å². The number of nitrogens with zero attached hydrogens (tertiary/aromatic N) is 3. The van der Waals surface area contributed by atoms with E-state index in [0.717, 1.165) is 55.6 Å². The number of rotatable bonds is 0. The van der Waals surface area contributed by atoms with Gasteiger partial charge in [0, 0.05) is 18.6 Å². The van der Waals surface area contributed by atoms with E-state index >= 15 is 0 Å². The Hall–Kier alpha value is -4.24. The van der Waals surface area contributed by atoms with Gasteiger partial charge in [-0.3, -0.25) is 0 Å². The van der Waals surface area contributed by atoms with Gasteiger partial charge >= 0.3 is 20.1 Å². The van der Waals surface area contributed by atoms with Crippen LogP contribution < -0.4 is 0 Å². The Kier molecular flexibility index (Phi) is 8.98. The minimum atomic E-state index is 0. The number of aryl methyl sites for hydroxylation is 6. The molecule has 0 radical (unpaired) electrons. The molecule has 0 saturated heterocycles. The third-order valence-electron chi connectivity index (χ3n) is 8.20. The van der Waals surface area contributed by atoms with Crippen LogP contribution in [0.5, 0.6) is 0 Å². The molecule has 3 aromatic heterocycles. The van der Waals surface area contributed by atoms with Crippen LogP contribution in [0.15, 0.2) is 110 Å². The van der Waals surface area contributed by atoms with E-state index in [-0.39, 0.29) is 20.1 Å². The average Bonchev–Trinajstić information content (AvgIpc) is 3.09. The molecule has 4 heteroatoms. The second-order valence-electron chi connectivity index (χ2n) is 10.7. The van der Waals surface area contributed by atoms with E-state index in [9.17, 15) is 0 Å². The first kappa shape index (κ1) is 28.9. The first-order valence-corrected chi connectivity index (χ1v) is 14.7. The van der Waals surface area contributed by atoms with E-state index in [1.165, 1.54) is 50.1 Å². The maximum absolute atomic E-state index is 4.43. The fraction of sp³-hybridized carbons (Fsp3) is 0.154. The zero-order valence-corrected chi connectivity index (χ0v) is 26.2. The molecule has 43 heavy (non-hydrogen) atoms. The van der Waals surface area contributed by atoms with Gasteiger partial charge in [0.15, 0.2) is 0 Å². The molecule has 3 aliphatic carbocycles. The molecule has 0 bridgehead atoms. The van der Waals surface area contributed by atoms with Gasteiger partial charge in [-0.05, 0) is 54.5 Å². The van der Waals surface area contributed by atoms with Crippen molar-refractivity contribution in [3.8, 4) is 33.8 Å². The molecule has 0 fully saturated rings. The number of hydrogen-bond donors (Lipinski definition) is 0. The van der Waals surface area contributed by atoms with Gasteiger partial charge in [0.1, 0.15) is 0 Å². The van der Waals surface area contributed by atoms with Crippen LogP contribution in [0.4, 0.5) is 0 Å². The van der Waals surface area contributed by atoms with Crippen molar-refractivity contribution in [3.05, 3.63) is 161 Å². The summed E-state index contributed by atoms with van der Waals surface area (Å²) in [7, 11) is 0. The van der Waals surface area contributed by atoms with Crippen molar-refractivity contribution in [2.45, 2.75) is 38.5 Å². The molecule has 3 aromatic carbocycles. The van der Waals surface area contributed by atoms with Crippen LogP contribution in [0.3, 0.4) is 0 Å². The normalized spacial score (nSPS) is 12.8. The first-order valence-electron chi connectivity index (χ1n) is 14.7. The van der Waals surface area contributed by atoms with Gasteiger partial charge in [-0.2, -0.15) is 0 Å². The summed E-state index contributed by atoms with van der Waals surface area (Å²) in [5, 5.41) is 0. The monoisotopic (exact) mass is 733 g/mol. The predicted octanol–water partition coefficient (Wildman–Crippen LogP) is 7.94. The van der Waals surface area contributed by atoms with Crippen LogP contribution in [0.25, 0.3) is 33.8 Å². The van der Waals surface area contributed by atoms with Gasteiger partial charge in [0.25, 0.3) is 0 Å². The Morgan fingerprint density at radius 3 is 0.977 bits per heavy atom. The molecule has 210 valence electrons. The largest absolute Gasteiger partial charge is 3.00 e. The molecule has 0 aliphatic heterocycles. The van der Waals surface area contributed by atoms with Crippen molar-refractivity contribution in [2.75, 3.05) is 0 Å². The van der Waals surface area contributed by atoms with E-state index < -0.39 is 0 Å². The second kappa shape index (κ2) is 13.4. The summed E-state index contributed by atoms with van der Waals surface area (Å²) in [6.45, 7) is 0. The Bertz CT molecular complexity index is 1510. The number of benzene rings is 3. The van der Waals surface area contributed by atoms with Crippen LogP contribution in [0.1, 0.15) is 33.4 Å². The SMILES string of the molecule is [Ir+3].[c-]1cccc2c1-c1ncccc1CC2.[c-]1cccc2c1-c1ncccc1CC2.[c-]1cccc2c1-c1ncccc1CC2. The number of pyridine rings is 3. The molecule has 0 saturated carbocycles. The van der Waals surface area contributed by atoms with Gasteiger partial charge in [-0.25, -0.2) is 0 Å². The smallest absolute Gasteiger partial charge is 0.304 e. The molecule has 3 aliphatic rings. The second-order valence-corrected chi connectivity index (χ2v) is 10.7. The minimum Gasteiger partial charge on any atom is -0.304 e. The van der Waals surface area contributed by atoms with Gasteiger partial charge in [-0.15, -0.1) is 106 Å². The quantitative estimate of drug-likeness (QED) is 0.149. The van der Waals surface area contributed by atoms with Crippen molar-refractivity contribution >= 4 is 0 Å². The number of hydrogen-bond acceptors (Lipinski definition) is 3. The maximum atomic E-state index is 4.43. The molecule has 0 spiro atoms. The van der Waals surface area contributed by atoms with Crippen LogP contribution in [0.2, 0.25) is 0 Å².